The zero-order valence-electron chi connectivity index (χ0n) is 33.5. The summed E-state index contributed by atoms with van der Waals surface area (Å²) in [5.41, 5.74) is 13.5. The minimum atomic E-state index is 0.568. The molecule has 6 heteroatoms. The van der Waals surface area contributed by atoms with Gasteiger partial charge in [-0.1, -0.05) is 176 Å². The van der Waals surface area contributed by atoms with Gasteiger partial charge in [0.1, 0.15) is 0 Å². The van der Waals surface area contributed by atoms with E-state index in [0.29, 0.717) is 17.6 Å². The van der Waals surface area contributed by atoms with Crippen LogP contribution in [0.5, 0.6) is 0 Å². The second-order valence-corrected chi connectivity index (χ2v) is 15.4. The van der Waals surface area contributed by atoms with Gasteiger partial charge in [0, 0.05) is 43.8 Å². The van der Waals surface area contributed by atoms with Gasteiger partial charge >= 0.3 is 0 Å². The largest absolute Gasteiger partial charge is 0.309 e. The first-order valence-corrected chi connectivity index (χ1v) is 20.8. The fourth-order valence-corrected chi connectivity index (χ4v) is 8.99. The van der Waals surface area contributed by atoms with Crippen LogP contribution in [0.2, 0.25) is 0 Å². The number of rotatable bonds is 7. The molecule has 290 valence electrons. The summed E-state index contributed by atoms with van der Waals surface area (Å²) < 4.78 is 4.60. The predicted octanol–water partition coefficient (Wildman–Crippen LogP) is 13.8. The zero-order chi connectivity index (χ0) is 41.0. The van der Waals surface area contributed by atoms with Crippen LogP contribution in [-0.4, -0.2) is 29.1 Å². The van der Waals surface area contributed by atoms with Crippen LogP contribution in [-0.2, 0) is 0 Å². The van der Waals surface area contributed by atoms with E-state index >= 15 is 0 Å². The number of pyridine rings is 1. The van der Waals surface area contributed by atoms with Gasteiger partial charge < -0.3 is 4.57 Å². The smallest absolute Gasteiger partial charge is 0.238 e. The van der Waals surface area contributed by atoms with Crippen molar-refractivity contribution in [2.45, 2.75) is 0 Å². The number of aromatic nitrogens is 6. The third-order valence-corrected chi connectivity index (χ3v) is 11.8. The van der Waals surface area contributed by atoms with E-state index in [1.807, 2.05) is 66.7 Å². The van der Waals surface area contributed by atoms with Gasteiger partial charge in [0.25, 0.3) is 0 Å². The SMILES string of the molecule is c1ccc(-c2ccc(-c3cccc(-c4ccccc4-n4c5ccccc5c5c6c7ccccc7n(-c7nc(-c8ccccc8)nc(-c8ccccc8)n7)c6ccc54)n3)cc2)cc1. The Morgan fingerprint density at radius 3 is 1.37 bits per heavy atom. The molecule has 6 nitrogen and oxygen atoms in total. The van der Waals surface area contributed by atoms with Crippen LogP contribution in [0.25, 0.3) is 112 Å². The molecule has 0 fully saturated rings. The monoisotopic (exact) mass is 792 g/mol. The Balaban J connectivity index is 1.06. The molecular formula is C56H36N6. The summed E-state index contributed by atoms with van der Waals surface area (Å²) in [5, 5.41) is 4.60. The molecule has 0 bridgehead atoms. The Hall–Kier alpha value is -8.48. The summed E-state index contributed by atoms with van der Waals surface area (Å²) in [7, 11) is 0. The topological polar surface area (TPSA) is 61.4 Å². The number of fused-ring (bicyclic) bond motifs is 7. The highest BCUT2D eigenvalue weighted by Crippen LogP contribution is 2.43. The van der Waals surface area contributed by atoms with Gasteiger partial charge in [-0.3, -0.25) is 4.57 Å². The Morgan fingerprint density at radius 1 is 0.274 bits per heavy atom. The van der Waals surface area contributed by atoms with Crippen LogP contribution in [0.3, 0.4) is 0 Å². The van der Waals surface area contributed by atoms with Crippen LogP contribution in [0.1, 0.15) is 0 Å². The molecule has 0 spiro atoms. The highest BCUT2D eigenvalue weighted by atomic mass is 15.2. The summed E-state index contributed by atoms with van der Waals surface area (Å²) >= 11 is 0. The van der Waals surface area contributed by atoms with Gasteiger partial charge in [-0.2, -0.15) is 9.97 Å². The molecule has 0 radical (unpaired) electrons. The molecule has 4 aromatic heterocycles. The Bertz CT molecular complexity index is 3550. The van der Waals surface area contributed by atoms with Gasteiger partial charge in [0.15, 0.2) is 11.6 Å². The van der Waals surface area contributed by atoms with Gasteiger partial charge in [0.05, 0.1) is 39.1 Å². The fourth-order valence-electron chi connectivity index (χ4n) is 8.99. The zero-order valence-corrected chi connectivity index (χ0v) is 33.5. The van der Waals surface area contributed by atoms with Crippen LogP contribution in [0.4, 0.5) is 0 Å². The Labute approximate surface area is 357 Å². The van der Waals surface area contributed by atoms with Crippen LogP contribution >= 0.6 is 0 Å². The number of hydrogen-bond donors (Lipinski definition) is 0. The van der Waals surface area contributed by atoms with Crippen molar-refractivity contribution in [3.8, 4) is 68.1 Å². The van der Waals surface area contributed by atoms with Crippen molar-refractivity contribution in [2.24, 2.45) is 0 Å². The first-order valence-electron chi connectivity index (χ1n) is 20.8. The molecule has 4 heterocycles. The maximum atomic E-state index is 5.30. The lowest BCUT2D eigenvalue weighted by Crippen LogP contribution is -2.06. The molecule has 0 atom stereocenters. The maximum Gasteiger partial charge on any atom is 0.238 e. The van der Waals surface area contributed by atoms with Crippen molar-refractivity contribution in [2.75, 3.05) is 0 Å². The number of hydrogen-bond acceptors (Lipinski definition) is 4. The van der Waals surface area contributed by atoms with E-state index in [4.69, 9.17) is 19.9 Å². The van der Waals surface area contributed by atoms with Crippen molar-refractivity contribution < 1.29 is 0 Å². The second-order valence-electron chi connectivity index (χ2n) is 15.4. The van der Waals surface area contributed by atoms with Crippen molar-refractivity contribution >= 4 is 43.6 Å². The van der Waals surface area contributed by atoms with Crippen molar-refractivity contribution in [3.05, 3.63) is 218 Å². The Morgan fingerprint density at radius 2 is 0.742 bits per heavy atom. The summed E-state index contributed by atoms with van der Waals surface area (Å²) in [6, 6.07) is 76.1. The summed E-state index contributed by atoms with van der Waals surface area (Å²) in [6.07, 6.45) is 0. The molecule has 12 rings (SSSR count). The van der Waals surface area contributed by atoms with Crippen LogP contribution < -0.4 is 0 Å². The van der Waals surface area contributed by atoms with Crippen LogP contribution in [0, 0.1) is 0 Å². The molecule has 0 amide bonds. The average Bonchev–Trinajstić information content (AvgIpc) is 3.88. The molecule has 8 aromatic carbocycles. The molecule has 0 aliphatic heterocycles. The van der Waals surface area contributed by atoms with Crippen molar-refractivity contribution in [3.63, 3.8) is 0 Å². The maximum absolute atomic E-state index is 5.30. The van der Waals surface area contributed by atoms with Crippen LogP contribution in [0.15, 0.2) is 218 Å². The van der Waals surface area contributed by atoms with E-state index in [0.717, 1.165) is 77.6 Å². The fraction of sp³-hybridized carbons (Fsp3) is 0. The number of benzene rings is 8. The third kappa shape index (κ3) is 5.88. The lowest BCUT2D eigenvalue weighted by Gasteiger charge is -2.14. The first-order chi connectivity index (χ1) is 30.8. The number of nitrogens with zero attached hydrogens (tertiary/aromatic N) is 6. The highest BCUT2D eigenvalue weighted by Gasteiger charge is 2.23. The predicted molar refractivity (Wildman–Crippen MR) is 253 cm³/mol. The average molecular weight is 793 g/mol. The minimum absolute atomic E-state index is 0.568. The van der Waals surface area contributed by atoms with Gasteiger partial charge in [-0.05, 0) is 53.6 Å². The summed E-state index contributed by atoms with van der Waals surface area (Å²) in [5.74, 6) is 1.81. The second kappa shape index (κ2) is 14.7. The molecule has 12 aromatic rings. The third-order valence-electron chi connectivity index (χ3n) is 11.8. The molecule has 62 heavy (non-hydrogen) atoms. The first kappa shape index (κ1) is 35.5. The van der Waals surface area contributed by atoms with E-state index in [9.17, 15) is 0 Å². The quantitative estimate of drug-likeness (QED) is 0.161. The molecule has 0 aliphatic carbocycles. The minimum Gasteiger partial charge on any atom is -0.309 e. The van der Waals surface area contributed by atoms with E-state index in [1.54, 1.807) is 0 Å². The van der Waals surface area contributed by atoms with E-state index in [2.05, 4.69) is 161 Å². The highest BCUT2D eigenvalue weighted by molar-refractivity contribution is 6.29. The molecule has 0 saturated heterocycles. The van der Waals surface area contributed by atoms with Gasteiger partial charge in [-0.15, -0.1) is 0 Å². The molecule has 0 N–H and O–H groups in total. The van der Waals surface area contributed by atoms with Crippen molar-refractivity contribution in [1.29, 1.82) is 0 Å². The van der Waals surface area contributed by atoms with Gasteiger partial charge in [0.2, 0.25) is 5.95 Å². The number of para-hydroxylation sites is 3. The van der Waals surface area contributed by atoms with Crippen molar-refractivity contribution in [1.82, 2.24) is 29.1 Å². The summed E-state index contributed by atoms with van der Waals surface area (Å²) in [6.45, 7) is 0. The van der Waals surface area contributed by atoms with E-state index in [1.165, 1.54) is 16.5 Å². The normalized spacial score (nSPS) is 11.5. The molecule has 0 saturated carbocycles. The lowest BCUT2D eigenvalue weighted by molar-refractivity contribution is 0.953. The van der Waals surface area contributed by atoms with E-state index in [-0.39, 0.29) is 0 Å². The molecule has 0 aliphatic rings. The van der Waals surface area contributed by atoms with E-state index < -0.39 is 0 Å². The molecular weight excluding hydrogens is 757 g/mol. The molecule has 0 unspecified atom stereocenters. The lowest BCUT2D eigenvalue weighted by atomic mass is 10.0. The Kier molecular flexibility index (Phi) is 8.38. The van der Waals surface area contributed by atoms with Gasteiger partial charge in [-0.25, -0.2) is 9.97 Å². The standard InChI is InChI=1S/C56H36N6/c1-4-17-37(18-5-1)38-31-33-39(34-32-38)45-26-16-27-46(57-45)42-23-10-13-28-47(42)61-48-29-14-11-24-43(48)52-50(61)35-36-51-53(52)44-25-12-15-30-49(44)62(51)56-59-54(40-19-6-2-7-20-40)58-55(60-56)41-21-8-3-9-22-41/h1-36H. The summed E-state index contributed by atoms with van der Waals surface area (Å²) in [4.78, 5) is 20.7.